The molecule has 2 rings (SSSR count). The van der Waals surface area contributed by atoms with Crippen LogP contribution in [0.25, 0.3) is 0 Å². The number of aromatic nitrogens is 1. The summed E-state index contributed by atoms with van der Waals surface area (Å²) in [6, 6.07) is 1.29. The number of hydrogen-bond acceptors (Lipinski definition) is 4. The second-order valence-corrected chi connectivity index (χ2v) is 5.99. The molecule has 90 valence electrons. The van der Waals surface area contributed by atoms with Crippen LogP contribution in [0, 0.1) is 6.92 Å². The molecule has 0 saturated carbocycles. The van der Waals surface area contributed by atoms with Gasteiger partial charge in [-0.25, -0.2) is 4.98 Å². The van der Waals surface area contributed by atoms with Crippen LogP contribution in [0.2, 0.25) is 0 Å². The number of thiazole rings is 1. The highest BCUT2D eigenvalue weighted by Crippen LogP contribution is 2.13. The lowest BCUT2D eigenvalue weighted by Crippen LogP contribution is -2.33. The van der Waals surface area contributed by atoms with Gasteiger partial charge in [0.05, 0.1) is 0 Å². The van der Waals surface area contributed by atoms with E-state index in [1.807, 2.05) is 6.20 Å². The summed E-state index contributed by atoms with van der Waals surface area (Å²) in [6.45, 7) is 6.48. The van der Waals surface area contributed by atoms with Gasteiger partial charge in [-0.15, -0.1) is 11.3 Å². The van der Waals surface area contributed by atoms with E-state index >= 15 is 0 Å². The molecule has 1 aliphatic heterocycles. The zero-order valence-electron chi connectivity index (χ0n) is 10.1. The van der Waals surface area contributed by atoms with Crippen molar-refractivity contribution in [3.63, 3.8) is 0 Å². The maximum Gasteiger partial charge on any atom is 0.107 e. The summed E-state index contributed by atoms with van der Waals surface area (Å²) in [6.07, 6.45) is 5.85. The largest absolute Gasteiger partial charge is 0.314 e. The van der Waals surface area contributed by atoms with Crippen molar-refractivity contribution >= 4 is 11.3 Å². The molecule has 0 radical (unpaired) electrons. The van der Waals surface area contributed by atoms with E-state index in [0.717, 1.165) is 12.6 Å². The molecule has 1 saturated heterocycles. The van der Waals surface area contributed by atoms with Gasteiger partial charge in [0.1, 0.15) is 5.01 Å². The Morgan fingerprint density at radius 2 is 2.56 bits per heavy atom. The van der Waals surface area contributed by atoms with Crippen molar-refractivity contribution in [1.29, 1.82) is 0 Å². The molecule has 1 aromatic heterocycles. The molecule has 2 heterocycles. The van der Waals surface area contributed by atoms with Crippen LogP contribution in [-0.2, 0) is 6.54 Å². The molecule has 2 atom stereocenters. The smallest absolute Gasteiger partial charge is 0.107 e. The van der Waals surface area contributed by atoms with Gasteiger partial charge in [0.2, 0.25) is 0 Å². The zero-order chi connectivity index (χ0) is 11.4. The minimum Gasteiger partial charge on any atom is -0.314 e. The van der Waals surface area contributed by atoms with E-state index in [4.69, 9.17) is 0 Å². The molecule has 1 fully saturated rings. The first kappa shape index (κ1) is 12.0. The first-order valence-electron chi connectivity index (χ1n) is 6.12. The third-order valence-corrected chi connectivity index (χ3v) is 3.98. The van der Waals surface area contributed by atoms with Gasteiger partial charge in [0.25, 0.3) is 0 Å². The Bertz CT molecular complexity index is 318. The maximum absolute atomic E-state index is 4.36. The average molecular weight is 239 g/mol. The molecule has 0 aliphatic carbocycles. The summed E-state index contributed by atoms with van der Waals surface area (Å²) in [5.41, 5.74) is 0. The Morgan fingerprint density at radius 1 is 1.69 bits per heavy atom. The van der Waals surface area contributed by atoms with Crippen molar-refractivity contribution in [3.8, 4) is 0 Å². The van der Waals surface area contributed by atoms with Gasteiger partial charge >= 0.3 is 0 Å². The SMILES string of the molecule is Cc1cnc(CNC(C)CC2CCCN2)s1. The molecular formula is C12H21N3S. The molecule has 2 unspecified atom stereocenters. The van der Waals surface area contributed by atoms with Gasteiger partial charge in [0, 0.05) is 29.7 Å². The van der Waals surface area contributed by atoms with Crippen LogP contribution < -0.4 is 10.6 Å². The van der Waals surface area contributed by atoms with Gasteiger partial charge in [-0.05, 0) is 39.7 Å². The van der Waals surface area contributed by atoms with Crippen LogP contribution in [0.3, 0.4) is 0 Å². The fourth-order valence-corrected chi connectivity index (χ4v) is 2.95. The van der Waals surface area contributed by atoms with E-state index in [9.17, 15) is 0 Å². The number of nitrogens with one attached hydrogen (secondary N) is 2. The first-order valence-corrected chi connectivity index (χ1v) is 6.94. The first-order chi connectivity index (χ1) is 7.74. The molecule has 0 spiro atoms. The van der Waals surface area contributed by atoms with Gasteiger partial charge in [-0.2, -0.15) is 0 Å². The molecule has 3 nitrogen and oxygen atoms in total. The van der Waals surface area contributed by atoms with Gasteiger partial charge in [0.15, 0.2) is 0 Å². The van der Waals surface area contributed by atoms with E-state index in [-0.39, 0.29) is 0 Å². The van der Waals surface area contributed by atoms with Crippen molar-refractivity contribution in [3.05, 3.63) is 16.1 Å². The van der Waals surface area contributed by atoms with Crippen molar-refractivity contribution in [2.75, 3.05) is 6.54 Å². The summed E-state index contributed by atoms with van der Waals surface area (Å²) in [5, 5.41) is 8.28. The van der Waals surface area contributed by atoms with E-state index < -0.39 is 0 Å². The molecular weight excluding hydrogens is 218 g/mol. The number of aryl methyl sites for hydroxylation is 1. The predicted octanol–water partition coefficient (Wildman–Crippen LogP) is 2.07. The van der Waals surface area contributed by atoms with Gasteiger partial charge in [-0.3, -0.25) is 0 Å². The van der Waals surface area contributed by atoms with Crippen molar-refractivity contribution in [1.82, 2.24) is 15.6 Å². The Hall–Kier alpha value is -0.450. The standard InChI is InChI=1S/C12H21N3S/c1-9(6-11-4-3-5-13-11)14-8-12-15-7-10(2)16-12/h7,9,11,13-14H,3-6,8H2,1-2H3. The van der Waals surface area contributed by atoms with E-state index in [1.54, 1.807) is 11.3 Å². The average Bonchev–Trinajstić information content (AvgIpc) is 2.87. The fraction of sp³-hybridized carbons (Fsp3) is 0.750. The summed E-state index contributed by atoms with van der Waals surface area (Å²) in [7, 11) is 0. The highest BCUT2D eigenvalue weighted by Gasteiger charge is 2.16. The molecule has 16 heavy (non-hydrogen) atoms. The third-order valence-electron chi connectivity index (χ3n) is 3.07. The van der Waals surface area contributed by atoms with Crippen LogP contribution in [0.15, 0.2) is 6.20 Å². The van der Waals surface area contributed by atoms with Crippen molar-refractivity contribution < 1.29 is 0 Å². The minimum atomic E-state index is 0.569. The zero-order valence-corrected chi connectivity index (χ0v) is 10.9. The summed E-state index contributed by atoms with van der Waals surface area (Å²) in [5.74, 6) is 0. The topological polar surface area (TPSA) is 37.0 Å². The Balaban J connectivity index is 1.68. The lowest BCUT2D eigenvalue weighted by Gasteiger charge is -2.17. The van der Waals surface area contributed by atoms with Crippen LogP contribution in [-0.4, -0.2) is 23.6 Å². The Kier molecular flexibility index (Phi) is 4.32. The monoisotopic (exact) mass is 239 g/mol. The molecule has 2 N–H and O–H groups in total. The molecule has 0 bridgehead atoms. The molecule has 0 amide bonds. The summed E-state index contributed by atoms with van der Waals surface area (Å²) in [4.78, 5) is 5.65. The quantitative estimate of drug-likeness (QED) is 0.826. The fourth-order valence-electron chi connectivity index (χ4n) is 2.21. The summed E-state index contributed by atoms with van der Waals surface area (Å²) >= 11 is 1.78. The second-order valence-electron chi connectivity index (χ2n) is 4.68. The van der Waals surface area contributed by atoms with Crippen LogP contribution in [0.4, 0.5) is 0 Å². The van der Waals surface area contributed by atoms with Crippen molar-refractivity contribution in [2.24, 2.45) is 0 Å². The molecule has 0 aromatic carbocycles. The molecule has 1 aliphatic rings. The highest BCUT2D eigenvalue weighted by molar-refractivity contribution is 7.11. The van der Waals surface area contributed by atoms with E-state index in [0.29, 0.717) is 6.04 Å². The van der Waals surface area contributed by atoms with Gasteiger partial charge in [-0.1, -0.05) is 0 Å². The molecule has 1 aromatic rings. The third kappa shape index (κ3) is 3.54. The minimum absolute atomic E-state index is 0.569. The Labute approximate surface area is 102 Å². The van der Waals surface area contributed by atoms with Crippen LogP contribution in [0.1, 0.15) is 36.1 Å². The Morgan fingerprint density at radius 3 is 3.19 bits per heavy atom. The molecule has 4 heteroatoms. The lowest BCUT2D eigenvalue weighted by molar-refractivity contribution is 0.439. The van der Waals surface area contributed by atoms with Crippen molar-refractivity contribution in [2.45, 2.75) is 51.7 Å². The van der Waals surface area contributed by atoms with E-state index in [1.165, 1.54) is 35.7 Å². The van der Waals surface area contributed by atoms with E-state index in [2.05, 4.69) is 29.5 Å². The van der Waals surface area contributed by atoms with Crippen LogP contribution in [0.5, 0.6) is 0 Å². The van der Waals surface area contributed by atoms with Crippen LogP contribution >= 0.6 is 11.3 Å². The number of nitrogens with zero attached hydrogens (tertiary/aromatic N) is 1. The lowest BCUT2D eigenvalue weighted by atomic mass is 10.1. The normalized spacial score (nSPS) is 22.5. The maximum atomic E-state index is 4.36. The highest BCUT2D eigenvalue weighted by atomic mass is 32.1. The summed E-state index contributed by atoms with van der Waals surface area (Å²) < 4.78 is 0. The predicted molar refractivity (Wildman–Crippen MR) is 68.8 cm³/mol. The number of rotatable bonds is 5. The van der Waals surface area contributed by atoms with Gasteiger partial charge < -0.3 is 10.6 Å². The number of hydrogen-bond donors (Lipinski definition) is 2. The second kappa shape index (κ2) is 5.75.